The van der Waals surface area contributed by atoms with Crippen LogP contribution in [-0.4, -0.2) is 77.3 Å². The number of ether oxygens (including phenoxy) is 3. The van der Waals surface area contributed by atoms with Gasteiger partial charge in [0.05, 0.1) is 29.4 Å². The summed E-state index contributed by atoms with van der Waals surface area (Å²) in [6.45, 7) is 3.83. The van der Waals surface area contributed by atoms with E-state index in [2.05, 4.69) is 0 Å². The highest BCUT2D eigenvalue weighted by atomic mass is 32.2. The summed E-state index contributed by atoms with van der Waals surface area (Å²) in [5.41, 5.74) is 0.641. The Morgan fingerprint density at radius 2 is 1.93 bits per heavy atom. The number of hydrogen-bond acceptors (Lipinski definition) is 8. The lowest BCUT2D eigenvalue weighted by Crippen LogP contribution is -2.37. The molecular weight excluding hydrogens is 388 g/mol. The van der Waals surface area contributed by atoms with Crippen molar-refractivity contribution < 1.29 is 32.2 Å². The van der Waals surface area contributed by atoms with Crippen molar-refractivity contribution in [3.8, 4) is 0 Å². The minimum atomic E-state index is -3.74. The van der Waals surface area contributed by atoms with E-state index in [0.717, 1.165) is 4.31 Å². The molecule has 2 aliphatic rings. The van der Waals surface area contributed by atoms with Crippen molar-refractivity contribution in [3.05, 3.63) is 23.8 Å². The van der Waals surface area contributed by atoms with Crippen molar-refractivity contribution >= 4 is 27.6 Å². The molecule has 3 rings (SSSR count). The molecule has 2 unspecified atom stereocenters. The summed E-state index contributed by atoms with van der Waals surface area (Å²) in [4.78, 5) is 26.6. The van der Waals surface area contributed by atoms with Gasteiger partial charge in [-0.05, 0) is 25.1 Å². The standard InChI is InChI=1S/C18H24N2O7S/c1-12-10-16(18(22)26-12)27-17(21)14-11-13(28(23,24)19(2)3)4-5-15(14)20-6-8-25-9-7-20/h4-5,11-12,16H,6-10H2,1-3H3. The molecule has 2 atom stereocenters. The first-order chi connectivity index (χ1) is 13.2. The number of benzene rings is 1. The van der Waals surface area contributed by atoms with Crippen LogP contribution in [0.25, 0.3) is 0 Å². The number of nitrogens with zero attached hydrogens (tertiary/aromatic N) is 2. The Morgan fingerprint density at radius 1 is 1.25 bits per heavy atom. The molecule has 10 heteroatoms. The molecule has 0 bridgehead atoms. The van der Waals surface area contributed by atoms with Gasteiger partial charge in [-0.2, -0.15) is 0 Å². The normalized spacial score (nSPS) is 23.0. The highest BCUT2D eigenvalue weighted by Crippen LogP contribution is 2.28. The number of esters is 2. The van der Waals surface area contributed by atoms with Crippen LogP contribution < -0.4 is 4.90 Å². The molecule has 2 fully saturated rings. The monoisotopic (exact) mass is 412 g/mol. The number of morpholine rings is 1. The molecule has 0 saturated carbocycles. The molecule has 1 aromatic carbocycles. The fraction of sp³-hybridized carbons (Fsp3) is 0.556. The van der Waals surface area contributed by atoms with E-state index in [1.807, 2.05) is 4.90 Å². The molecule has 2 aliphatic heterocycles. The third kappa shape index (κ3) is 4.13. The molecule has 28 heavy (non-hydrogen) atoms. The molecule has 0 aromatic heterocycles. The summed E-state index contributed by atoms with van der Waals surface area (Å²) < 4.78 is 41.8. The first kappa shape index (κ1) is 20.6. The van der Waals surface area contributed by atoms with E-state index < -0.39 is 28.1 Å². The van der Waals surface area contributed by atoms with Gasteiger partial charge in [0.1, 0.15) is 6.10 Å². The number of carbonyl (C=O) groups is 2. The minimum Gasteiger partial charge on any atom is -0.460 e. The molecule has 2 saturated heterocycles. The van der Waals surface area contributed by atoms with Gasteiger partial charge in [0.25, 0.3) is 0 Å². The maximum Gasteiger partial charge on any atom is 0.347 e. The summed E-state index contributed by atoms with van der Waals surface area (Å²) in [5, 5.41) is 0. The molecular formula is C18H24N2O7S. The second kappa shape index (κ2) is 8.06. The molecule has 0 aliphatic carbocycles. The molecule has 154 valence electrons. The van der Waals surface area contributed by atoms with Gasteiger partial charge < -0.3 is 19.1 Å². The van der Waals surface area contributed by atoms with Crippen LogP contribution in [0, 0.1) is 0 Å². The quantitative estimate of drug-likeness (QED) is 0.649. The fourth-order valence-corrected chi connectivity index (χ4v) is 4.07. The van der Waals surface area contributed by atoms with E-state index in [4.69, 9.17) is 14.2 Å². The van der Waals surface area contributed by atoms with Gasteiger partial charge in [-0.3, -0.25) is 0 Å². The van der Waals surface area contributed by atoms with Crippen molar-refractivity contribution in [2.24, 2.45) is 0 Å². The van der Waals surface area contributed by atoms with Gasteiger partial charge in [0.15, 0.2) is 0 Å². The number of hydrogen-bond donors (Lipinski definition) is 0. The molecule has 1 aromatic rings. The number of sulfonamides is 1. The number of rotatable bonds is 5. The van der Waals surface area contributed by atoms with E-state index in [1.165, 1.54) is 26.2 Å². The largest absolute Gasteiger partial charge is 0.460 e. The Hall–Kier alpha value is -2.17. The van der Waals surface area contributed by atoms with E-state index >= 15 is 0 Å². The van der Waals surface area contributed by atoms with Gasteiger partial charge in [0.2, 0.25) is 16.1 Å². The molecule has 2 heterocycles. The Bertz CT molecular complexity index is 863. The number of anilines is 1. The fourth-order valence-electron chi connectivity index (χ4n) is 3.14. The van der Waals surface area contributed by atoms with Crippen molar-refractivity contribution in [1.82, 2.24) is 4.31 Å². The average Bonchev–Trinajstić information content (AvgIpc) is 2.98. The Balaban J connectivity index is 1.96. The topological polar surface area (TPSA) is 102 Å². The lowest BCUT2D eigenvalue weighted by atomic mass is 10.1. The van der Waals surface area contributed by atoms with E-state index in [0.29, 0.717) is 32.0 Å². The van der Waals surface area contributed by atoms with Crippen LogP contribution in [0.4, 0.5) is 5.69 Å². The second-order valence-corrected chi connectivity index (χ2v) is 9.09. The van der Waals surface area contributed by atoms with E-state index in [9.17, 15) is 18.0 Å². The zero-order valence-corrected chi connectivity index (χ0v) is 16.9. The van der Waals surface area contributed by atoms with Gasteiger partial charge in [-0.25, -0.2) is 22.3 Å². The van der Waals surface area contributed by atoms with Crippen LogP contribution in [0.2, 0.25) is 0 Å². The Kier molecular flexibility index (Phi) is 5.92. The van der Waals surface area contributed by atoms with Gasteiger partial charge in [0, 0.05) is 33.6 Å². The summed E-state index contributed by atoms with van der Waals surface area (Å²) in [7, 11) is -0.905. The predicted molar refractivity (Wildman–Crippen MR) is 99.7 cm³/mol. The van der Waals surface area contributed by atoms with Crippen molar-refractivity contribution in [2.75, 3.05) is 45.3 Å². The van der Waals surface area contributed by atoms with Crippen LogP contribution >= 0.6 is 0 Å². The van der Waals surface area contributed by atoms with Gasteiger partial charge in [-0.15, -0.1) is 0 Å². The van der Waals surface area contributed by atoms with Crippen LogP contribution in [0.5, 0.6) is 0 Å². The number of cyclic esters (lactones) is 1. The maximum atomic E-state index is 12.9. The van der Waals surface area contributed by atoms with Crippen molar-refractivity contribution in [3.63, 3.8) is 0 Å². The molecule has 0 N–H and O–H groups in total. The smallest absolute Gasteiger partial charge is 0.347 e. The zero-order chi connectivity index (χ0) is 20.5. The Labute approximate surface area is 164 Å². The van der Waals surface area contributed by atoms with Crippen LogP contribution in [0.15, 0.2) is 23.1 Å². The summed E-state index contributed by atoms with van der Waals surface area (Å²) in [6.07, 6.45) is -1.05. The first-order valence-corrected chi connectivity index (χ1v) is 10.4. The zero-order valence-electron chi connectivity index (χ0n) is 16.1. The molecule has 0 radical (unpaired) electrons. The van der Waals surface area contributed by atoms with E-state index in [-0.39, 0.29) is 23.0 Å². The predicted octanol–water partition coefficient (Wildman–Crippen LogP) is 0.634. The lowest BCUT2D eigenvalue weighted by molar-refractivity contribution is -0.147. The molecule has 0 spiro atoms. The highest BCUT2D eigenvalue weighted by Gasteiger charge is 2.36. The summed E-state index contributed by atoms with van der Waals surface area (Å²) >= 11 is 0. The third-order valence-corrected chi connectivity index (χ3v) is 6.50. The van der Waals surface area contributed by atoms with Gasteiger partial charge >= 0.3 is 11.9 Å². The van der Waals surface area contributed by atoms with E-state index in [1.54, 1.807) is 13.0 Å². The summed E-state index contributed by atoms with van der Waals surface area (Å²) in [6, 6.07) is 4.35. The number of carbonyl (C=O) groups excluding carboxylic acids is 2. The van der Waals surface area contributed by atoms with Crippen LogP contribution in [0.3, 0.4) is 0 Å². The molecule has 9 nitrogen and oxygen atoms in total. The van der Waals surface area contributed by atoms with Crippen LogP contribution in [0.1, 0.15) is 23.7 Å². The molecule has 0 amide bonds. The maximum absolute atomic E-state index is 12.9. The SMILES string of the molecule is CC1CC(OC(=O)c2cc(S(=O)(=O)N(C)C)ccc2N2CCOCC2)C(=O)O1. The van der Waals surface area contributed by atoms with Crippen LogP contribution in [-0.2, 0) is 29.0 Å². The van der Waals surface area contributed by atoms with Crippen molar-refractivity contribution in [2.45, 2.75) is 30.4 Å². The lowest BCUT2D eigenvalue weighted by Gasteiger charge is -2.30. The first-order valence-electron chi connectivity index (χ1n) is 9.01. The third-order valence-electron chi connectivity index (χ3n) is 4.69. The minimum absolute atomic E-state index is 0.0242. The highest BCUT2D eigenvalue weighted by molar-refractivity contribution is 7.89. The Morgan fingerprint density at radius 3 is 2.50 bits per heavy atom. The summed E-state index contributed by atoms with van der Waals surface area (Å²) in [5.74, 6) is -1.35. The van der Waals surface area contributed by atoms with Crippen molar-refractivity contribution in [1.29, 1.82) is 0 Å². The van der Waals surface area contributed by atoms with Gasteiger partial charge in [-0.1, -0.05) is 0 Å². The second-order valence-electron chi connectivity index (χ2n) is 6.94. The average molecular weight is 412 g/mol.